The molecular formula is C14H19ClO3. The summed E-state index contributed by atoms with van der Waals surface area (Å²) in [5.74, 6) is -0.689. The van der Waals surface area contributed by atoms with E-state index in [1.54, 1.807) is 26.0 Å². The van der Waals surface area contributed by atoms with Gasteiger partial charge in [-0.3, -0.25) is 0 Å². The third-order valence-electron chi connectivity index (χ3n) is 2.78. The Balaban J connectivity index is 2.98. The van der Waals surface area contributed by atoms with Gasteiger partial charge in [0.2, 0.25) is 0 Å². The fourth-order valence-corrected chi connectivity index (χ4v) is 1.97. The molecule has 100 valence electrons. The summed E-state index contributed by atoms with van der Waals surface area (Å²) in [5, 5.41) is 10.1. The number of hydrogen-bond acceptors (Lipinski definition) is 3. The number of benzene rings is 1. The maximum absolute atomic E-state index is 11.8. The predicted molar refractivity (Wildman–Crippen MR) is 71.5 cm³/mol. The van der Waals surface area contributed by atoms with Gasteiger partial charge in [-0.05, 0) is 25.8 Å². The summed E-state index contributed by atoms with van der Waals surface area (Å²) in [5.41, 5.74) is 0.711. The summed E-state index contributed by atoms with van der Waals surface area (Å²) in [6, 6.07) is 9.09. The second-order valence-electron chi connectivity index (χ2n) is 4.47. The lowest BCUT2D eigenvalue weighted by Gasteiger charge is -2.30. The van der Waals surface area contributed by atoms with Crippen molar-refractivity contribution in [2.45, 2.75) is 44.3 Å². The molecule has 1 aromatic carbocycles. The van der Waals surface area contributed by atoms with E-state index in [1.165, 1.54) is 0 Å². The van der Waals surface area contributed by atoms with Crippen LogP contribution in [0.5, 0.6) is 0 Å². The molecule has 0 saturated heterocycles. The van der Waals surface area contributed by atoms with Crippen LogP contribution in [-0.4, -0.2) is 23.3 Å². The van der Waals surface area contributed by atoms with Crippen LogP contribution in [0.1, 0.15) is 32.8 Å². The molecule has 0 radical (unpaired) electrons. The molecule has 0 aromatic heterocycles. The highest BCUT2D eigenvalue weighted by Gasteiger charge is 2.41. The van der Waals surface area contributed by atoms with E-state index in [-0.39, 0.29) is 6.10 Å². The molecule has 0 unspecified atom stereocenters. The number of alkyl halides is 1. The van der Waals surface area contributed by atoms with Crippen LogP contribution in [0.4, 0.5) is 0 Å². The van der Waals surface area contributed by atoms with E-state index in [4.69, 9.17) is 16.3 Å². The van der Waals surface area contributed by atoms with E-state index in [1.807, 2.05) is 25.1 Å². The van der Waals surface area contributed by atoms with Crippen molar-refractivity contribution < 1.29 is 14.6 Å². The number of aliphatic hydroxyl groups is 1. The summed E-state index contributed by atoms with van der Waals surface area (Å²) in [7, 11) is 0. The van der Waals surface area contributed by atoms with Crippen molar-refractivity contribution in [1.29, 1.82) is 0 Å². The summed E-state index contributed by atoms with van der Waals surface area (Å²) < 4.78 is 5.01. The van der Waals surface area contributed by atoms with E-state index >= 15 is 0 Å². The largest absolute Gasteiger partial charge is 0.461 e. The van der Waals surface area contributed by atoms with Gasteiger partial charge in [0.25, 0.3) is 0 Å². The zero-order valence-corrected chi connectivity index (χ0v) is 11.6. The molecule has 0 amide bonds. The molecule has 0 fully saturated rings. The molecule has 3 nitrogen and oxygen atoms in total. The number of halogens is 1. The Labute approximate surface area is 113 Å². The molecular weight excluding hydrogens is 252 g/mol. The van der Waals surface area contributed by atoms with Crippen LogP contribution in [0.2, 0.25) is 0 Å². The summed E-state index contributed by atoms with van der Waals surface area (Å²) in [4.78, 5) is 10.6. The second kappa shape index (κ2) is 6.21. The molecule has 2 atom stereocenters. The SMILES string of the molecule is CC[C@](Cl)(c1ccccc1)[C@@H](O)C(=O)OC(C)C. The van der Waals surface area contributed by atoms with Gasteiger partial charge in [0, 0.05) is 0 Å². The average Bonchev–Trinajstić information content (AvgIpc) is 2.37. The van der Waals surface area contributed by atoms with Gasteiger partial charge in [-0.1, -0.05) is 37.3 Å². The minimum absolute atomic E-state index is 0.277. The van der Waals surface area contributed by atoms with Crippen LogP contribution in [0.3, 0.4) is 0 Å². The molecule has 0 heterocycles. The molecule has 18 heavy (non-hydrogen) atoms. The van der Waals surface area contributed by atoms with Crippen molar-refractivity contribution in [3.05, 3.63) is 35.9 Å². The Morgan fingerprint density at radius 2 is 1.94 bits per heavy atom. The van der Waals surface area contributed by atoms with Gasteiger partial charge in [0.05, 0.1) is 6.10 Å². The summed E-state index contributed by atoms with van der Waals surface area (Å²) in [6.07, 6.45) is -1.23. The Hall–Kier alpha value is -1.06. The van der Waals surface area contributed by atoms with Crippen LogP contribution in [0, 0.1) is 0 Å². The normalized spacial score (nSPS) is 16.1. The van der Waals surface area contributed by atoms with Gasteiger partial charge in [-0.2, -0.15) is 0 Å². The number of hydrogen-bond donors (Lipinski definition) is 1. The fraction of sp³-hybridized carbons (Fsp3) is 0.500. The molecule has 1 N–H and O–H groups in total. The lowest BCUT2D eigenvalue weighted by molar-refractivity contribution is -0.159. The van der Waals surface area contributed by atoms with E-state index in [9.17, 15) is 9.90 Å². The monoisotopic (exact) mass is 270 g/mol. The molecule has 0 aliphatic carbocycles. The number of aliphatic hydroxyl groups excluding tert-OH is 1. The predicted octanol–water partition coefficient (Wildman–Crippen LogP) is 2.84. The summed E-state index contributed by atoms with van der Waals surface area (Å²) >= 11 is 6.43. The number of esters is 1. The highest BCUT2D eigenvalue weighted by atomic mass is 35.5. The van der Waals surface area contributed by atoms with Crippen molar-refractivity contribution >= 4 is 17.6 Å². The molecule has 0 bridgehead atoms. The van der Waals surface area contributed by atoms with Gasteiger partial charge in [-0.15, -0.1) is 11.6 Å². The van der Waals surface area contributed by atoms with Crippen LogP contribution in [0.15, 0.2) is 30.3 Å². The zero-order valence-electron chi connectivity index (χ0n) is 10.9. The first-order chi connectivity index (χ1) is 8.41. The molecule has 0 spiro atoms. The number of ether oxygens (including phenoxy) is 1. The first-order valence-corrected chi connectivity index (χ1v) is 6.42. The first-order valence-electron chi connectivity index (χ1n) is 6.04. The minimum Gasteiger partial charge on any atom is -0.461 e. The standard InChI is InChI=1S/C14H19ClO3/c1-4-14(15,11-8-6-5-7-9-11)12(16)13(17)18-10(2)3/h5-10,12,16H,4H2,1-3H3/t12-,14-/m0/s1. The molecule has 4 heteroatoms. The van der Waals surface area contributed by atoms with Gasteiger partial charge < -0.3 is 9.84 Å². The molecule has 1 aromatic rings. The van der Waals surface area contributed by atoms with Gasteiger partial charge in [-0.25, -0.2) is 4.79 Å². The maximum Gasteiger partial charge on any atom is 0.337 e. The van der Waals surface area contributed by atoms with Gasteiger partial charge >= 0.3 is 5.97 Å². The zero-order chi connectivity index (χ0) is 13.8. The van der Waals surface area contributed by atoms with E-state index in [0.717, 1.165) is 0 Å². The Bertz CT molecular complexity index is 391. The van der Waals surface area contributed by atoms with E-state index in [0.29, 0.717) is 12.0 Å². The third-order valence-corrected chi connectivity index (χ3v) is 3.47. The van der Waals surface area contributed by atoms with Crippen LogP contribution in [0.25, 0.3) is 0 Å². The Morgan fingerprint density at radius 3 is 2.39 bits per heavy atom. The van der Waals surface area contributed by atoms with Crippen LogP contribution < -0.4 is 0 Å². The molecule has 0 aliphatic heterocycles. The second-order valence-corrected chi connectivity index (χ2v) is 5.14. The Kier molecular flexibility index (Phi) is 5.17. The fourth-order valence-electron chi connectivity index (χ4n) is 1.75. The lowest BCUT2D eigenvalue weighted by Crippen LogP contribution is -2.41. The minimum atomic E-state index is -1.38. The van der Waals surface area contributed by atoms with E-state index < -0.39 is 16.9 Å². The highest BCUT2D eigenvalue weighted by molar-refractivity contribution is 6.25. The average molecular weight is 271 g/mol. The molecule has 1 rings (SSSR count). The molecule has 0 saturated carbocycles. The van der Waals surface area contributed by atoms with Crippen molar-refractivity contribution in [2.24, 2.45) is 0 Å². The van der Waals surface area contributed by atoms with E-state index in [2.05, 4.69) is 0 Å². The highest BCUT2D eigenvalue weighted by Crippen LogP contribution is 2.36. The van der Waals surface area contributed by atoms with Crippen molar-refractivity contribution in [2.75, 3.05) is 0 Å². The van der Waals surface area contributed by atoms with Crippen LogP contribution in [-0.2, 0) is 14.4 Å². The summed E-state index contributed by atoms with van der Waals surface area (Å²) in [6.45, 7) is 5.29. The number of carbonyl (C=O) groups excluding carboxylic acids is 1. The number of carbonyl (C=O) groups is 1. The van der Waals surface area contributed by atoms with Crippen LogP contribution >= 0.6 is 11.6 Å². The van der Waals surface area contributed by atoms with Gasteiger partial charge in [0.1, 0.15) is 4.87 Å². The topological polar surface area (TPSA) is 46.5 Å². The lowest BCUT2D eigenvalue weighted by atomic mass is 9.90. The number of rotatable bonds is 5. The third kappa shape index (κ3) is 3.24. The van der Waals surface area contributed by atoms with Gasteiger partial charge in [0.15, 0.2) is 6.10 Å². The Morgan fingerprint density at radius 1 is 1.39 bits per heavy atom. The van der Waals surface area contributed by atoms with Crippen molar-refractivity contribution in [3.8, 4) is 0 Å². The first kappa shape index (κ1) is 15.0. The molecule has 0 aliphatic rings. The van der Waals surface area contributed by atoms with Crippen molar-refractivity contribution in [3.63, 3.8) is 0 Å². The van der Waals surface area contributed by atoms with Crippen molar-refractivity contribution in [1.82, 2.24) is 0 Å². The maximum atomic E-state index is 11.8. The smallest absolute Gasteiger partial charge is 0.337 e. The quantitative estimate of drug-likeness (QED) is 0.661.